The second kappa shape index (κ2) is 9.66. The van der Waals surface area contributed by atoms with E-state index in [1.807, 2.05) is 61.5 Å². The van der Waals surface area contributed by atoms with Crippen molar-refractivity contribution in [1.29, 1.82) is 0 Å². The van der Waals surface area contributed by atoms with Crippen LogP contribution in [0.3, 0.4) is 0 Å². The first kappa shape index (κ1) is 20.9. The monoisotopic (exact) mass is 433 g/mol. The molecule has 4 aromatic rings. The number of pyridine rings is 1. The summed E-state index contributed by atoms with van der Waals surface area (Å²) < 4.78 is 12.6. The van der Waals surface area contributed by atoms with Gasteiger partial charge in [-0.25, -0.2) is 14.5 Å². The lowest BCUT2D eigenvalue weighted by Gasteiger charge is -2.13. The van der Waals surface area contributed by atoms with Crippen molar-refractivity contribution in [2.24, 2.45) is 0 Å². The smallest absolute Gasteiger partial charge is 0.267 e. The van der Waals surface area contributed by atoms with Crippen LogP contribution in [0.15, 0.2) is 76.8 Å². The van der Waals surface area contributed by atoms with Gasteiger partial charge in [0, 0.05) is 11.9 Å². The number of benzene rings is 2. The van der Waals surface area contributed by atoms with Gasteiger partial charge in [0.05, 0.1) is 24.6 Å². The Balaban J connectivity index is 1.51. The van der Waals surface area contributed by atoms with E-state index in [-0.39, 0.29) is 5.56 Å². The van der Waals surface area contributed by atoms with Gasteiger partial charge in [0.1, 0.15) is 17.3 Å². The van der Waals surface area contributed by atoms with Gasteiger partial charge in [0.2, 0.25) is 0 Å². The average molecular weight is 434 g/mol. The molecule has 0 aliphatic heterocycles. The maximum Gasteiger partial charge on any atom is 0.267 e. The first-order chi connectivity index (χ1) is 15.2. The Morgan fingerprint density at radius 1 is 1.03 bits per heavy atom. The van der Waals surface area contributed by atoms with Gasteiger partial charge in [0.15, 0.2) is 5.16 Å². The van der Waals surface area contributed by atoms with Gasteiger partial charge in [-0.05, 0) is 67.4 Å². The minimum absolute atomic E-state index is 0.110. The van der Waals surface area contributed by atoms with Crippen molar-refractivity contribution in [3.05, 3.63) is 82.8 Å². The van der Waals surface area contributed by atoms with E-state index < -0.39 is 0 Å². The first-order valence-corrected chi connectivity index (χ1v) is 11.0. The van der Waals surface area contributed by atoms with Gasteiger partial charge < -0.3 is 9.47 Å². The summed E-state index contributed by atoms with van der Waals surface area (Å²) in [6.07, 6.45) is 2.52. The molecule has 0 aliphatic rings. The lowest BCUT2D eigenvalue weighted by molar-refractivity contribution is 0.318. The molecule has 0 saturated carbocycles. The fourth-order valence-corrected chi connectivity index (χ4v) is 4.05. The molecule has 0 unspecified atom stereocenters. The van der Waals surface area contributed by atoms with E-state index in [1.54, 1.807) is 23.9 Å². The van der Waals surface area contributed by atoms with E-state index >= 15 is 0 Å². The lowest BCUT2D eigenvalue weighted by Crippen LogP contribution is -2.22. The quantitative estimate of drug-likeness (QED) is 0.229. The summed E-state index contributed by atoms with van der Waals surface area (Å²) in [5, 5.41) is 1.21. The normalized spacial score (nSPS) is 10.9. The second-order valence-electron chi connectivity index (χ2n) is 6.97. The Morgan fingerprint density at radius 2 is 1.81 bits per heavy atom. The van der Waals surface area contributed by atoms with Crippen LogP contribution in [0.1, 0.15) is 12.0 Å². The Hall–Kier alpha value is -3.32. The van der Waals surface area contributed by atoms with E-state index in [1.165, 1.54) is 11.8 Å². The van der Waals surface area contributed by atoms with Crippen LogP contribution in [0.4, 0.5) is 0 Å². The van der Waals surface area contributed by atoms with Crippen molar-refractivity contribution in [3.8, 4) is 17.3 Å². The maximum atomic E-state index is 13.2. The molecule has 0 radical (unpaired) electrons. The van der Waals surface area contributed by atoms with Crippen molar-refractivity contribution in [1.82, 2.24) is 14.5 Å². The molecule has 0 amide bonds. The predicted molar refractivity (Wildman–Crippen MR) is 124 cm³/mol. The molecule has 158 valence electrons. The topological polar surface area (TPSA) is 66.2 Å². The van der Waals surface area contributed by atoms with Crippen molar-refractivity contribution < 1.29 is 9.47 Å². The second-order valence-corrected chi connectivity index (χ2v) is 8.03. The average Bonchev–Trinajstić information content (AvgIpc) is 2.79. The third-order valence-electron chi connectivity index (χ3n) is 4.72. The molecule has 2 heterocycles. The van der Waals surface area contributed by atoms with E-state index in [0.29, 0.717) is 28.5 Å². The molecule has 31 heavy (non-hydrogen) atoms. The van der Waals surface area contributed by atoms with Crippen LogP contribution in [0.5, 0.6) is 11.5 Å². The number of aromatic nitrogens is 3. The summed E-state index contributed by atoms with van der Waals surface area (Å²) in [5.74, 6) is 2.94. The molecule has 6 nitrogen and oxygen atoms in total. The third-order valence-corrected chi connectivity index (χ3v) is 5.75. The number of para-hydroxylation sites is 1. The summed E-state index contributed by atoms with van der Waals surface area (Å²) in [7, 11) is 1.64. The molecule has 0 bridgehead atoms. The molecular weight excluding hydrogens is 410 g/mol. The Kier molecular flexibility index (Phi) is 6.52. The molecule has 2 aromatic carbocycles. The third kappa shape index (κ3) is 4.88. The number of nitrogens with zero attached hydrogens (tertiary/aromatic N) is 3. The summed E-state index contributed by atoms with van der Waals surface area (Å²) in [5.41, 5.74) is 1.61. The van der Waals surface area contributed by atoms with Crippen LogP contribution in [-0.2, 0) is 0 Å². The molecule has 0 spiro atoms. The number of methoxy groups -OCH3 is 1. The summed E-state index contributed by atoms with van der Waals surface area (Å²) in [6.45, 7) is 2.55. The zero-order chi connectivity index (χ0) is 21.6. The Morgan fingerprint density at radius 3 is 2.58 bits per heavy atom. The van der Waals surface area contributed by atoms with Crippen molar-refractivity contribution in [2.45, 2.75) is 18.5 Å². The van der Waals surface area contributed by atoms with Gasteiger partial charge in [-0.1, -0.05) is 23.9 Å². The summed E-state index contributed by atoms with van der Waals surface area (Å²) in [4.78, 5) is 22.4. The van der Waals surface area contributed by atoms with E-state index in [0.717, 1.165) is 29.2 Å². The summed E-state index contributed by atoms with van der Waals surface area (Å²) >= 11 is 1.53. The Labute approximate surface area is 184 Å². The van der Waals surface area contributed by atoms with Crippen molar-refractivity contribution in [2.75, 3.05) is 19.5 Å². The van der Waals surface area contributed by atoms with Crippen LogP contribution in [0.25, 0.3) is 16.7 Å². The molecular formula is C24H23N3O3S. The fraction of sp³-hybridized carbons (Fsp3) is 0.208. The lowest BCUT2D eigenvalue weighted by atomic mass is 10.2. The minimum Gasteiger partial charge on any atom is -0.497 e. The molecule has 4 rings (SSSR count). The number of rotatable bonds is 8. The van der Waals surface area contributed by atoms with Gasteiger partial charge in [-0.2, -0.15) is 0 Å². The maximum absolute atomic E-state index is 13.2. The largest absolute Gasteiger partial charge is 0.497 e. The van der Waals surface area contributed by atoms with Crippen LogP contribution in [0, 0.1) is 6.92 Å². The van der Waals surface area contributed by atoms with Crippen LogP contribution < -0.4 is 15.0 Å². The first-order valence-electron chi connectivity index (χ1n) is 10.0. The highest BCUT2D eigenvalue weighted by molar-refractivity contribution is 7.99. The molecule has 7 heteroatoms. The molecule has 0 N–H and O–H groups in total. The van der Waals surface area contributed by atoms with E-state index in [2.05, 4.69) is 4.98 Å². The number of aryl methyl sites for hydroxylation is 1. The number of hydrogen-bond acceptors (Lipinski definition) is 6. The molecule has 0 fully saturated rings. The van der Waals surface area contributed by atoms with E-state index in [4.69, 9.17) is 14.5 Å². The highest BCUT2D eigenvalue weighted by Gasteiger charge is 2.14. The summed E-state index contributed by atoms with van der Waals surface area (Å²) in [6, 6.07) is 18.7. The van der Waals surface area contributed by atoms with E-state index in [9.17, 15) is 4.79 Å². The van der Waals surface area contributed by atoms with Crippen molar-refractivity contribution in [3.63, 3.8) is 0 Å². The number of thioether (sulfide) groups is 1. The molecule has 0 atom stereocenters. The highest BCUT2D eigenvalue weighted by atomic mass is 32.2. The number of hydrogen-bond donors (Lipinski definition) is 0. The van der Waals surface area contributed by atoms with Gasteiger partial charge in [-0.3, -0.25) is 4.79 Å². The number of ether oxygens (including phenoxy) is 2. The molecule has 0 saturated heterocycles. The van der Waals surface area contributed by atoms with Crippen LogP contribution in [-0.4, -0.2) is 34.0 Å². The van der Waals surface area contributed by atoms with Gasteiger partial charge >= 0.3 is 0 Å². The standard InChI is InChI=1S/C24H23N3O3S/c1-17-12-13-25-22(16-17)27-23(28)20-6-3-4-7-21(20)26-24(27)31-15-5-14-30-19-10-8-18(29-2)9-11-19/h3-4,6-13,16H,5,14-15H2,1-2H3. The predicted octanol–water partition coefficient (Wildman–Crippen LogP) is 4.66. The number of fused-ring (bicyclic) bond motifs is 1. The van der Waals surface area contributed by atoms with Gasteiger partial charge in [-0.15, -0.1) is 0 Å². The SMILES string of the molecule is COc1ccc(OCCCSc2nc3ccccc3c(=O)n2-c2cc(C)ccn2)cc1. The fourth-order valence-electron chi connectivity index (χ4n) is 3.14. The van der Waals surface area contributed by atoms with Crippen LogP contribution >= 0.6 is 11.8 Å². The van der Waals surface area contributed by atoms with Gasteiger partial charge in [0.25, 0.3) is 5.56 Å². The zero-order valence-corrected chi connectivity index (χ0v) is 18.3. The van der Waals surface area contributed by atoms with Crippen LogP contribution in [0.2, 0.25) is 0 Å². The van der Waals surface area contributed by atoms with Crippen molar-refractivity contribution >= 4 is 22.7 Å². The zero-order valence-electron chi connectivity index (χ0n) is 17.4. The molecule has 0 aliphatic carbocycles. The molecule has 2 aromatic heterocycles. The Bertz CT molecular complexity index is 1240. The highest BCUT2D eigenvalue weighted by Crippen LogP contribution is 2.22. The minimum atomic E-state index is -0.110.